The van der Waals surface area contributed by atoms with E-state index in [9.17, 15) is 4.79 Å². The van der Waals surface area contributed by atoms with Crippen molar-refractivity contribution in [3.05, 3.63) is 58.6 Å². The highest BCUT2D eigenvalue weighted by atomic mass is 32.1. The Morgan fingerprint density at radius 1 is 1.29 bits per heavy atom. The van der Waals surface area contributed by atoms with Gasteiger partial charge in [0.2, 0.25) is 0 Å². The third-order valence-electron chi connectivity index (χ3n) is 3.61. The number of carbonyl (C=O) groups excluding carboxylic acids is 1. The second-order valence-corrected chi connectivity index (χ2v) is 6.41. The molecule has 0 fully saturated rings. The summed E-state index contributed by atoms with van der Waals surface area (Å²) in [4.78, 5) is 18.5. The van der Waals surface area contributed by atoms with Crippen molar-refractivity contribution in [1.29, 1.82) is 0 Å². The monoisotopic (exact) mass is 341 g/mol. The van der Waals surface area contributed by atoms with Crippen molar-refractivity contribution in [2.24, 2.45) is 0 Å². The number of benzene rings is 1. The highest BCUT2D eigenvalue weighted by Gasteiger charge is 2.19. The standard InChI is InChI=1S/C18H19N3O2S/c1-4-23-20-18(22)16-11-14(17-6-5-9-24-17)19-21(16)15-8-7-12(2)10-13(15)3/h5-11H,4H2,1-3H3,(H,20,22). The molecule has 24 heavy (non-hydrogen) atoms. The molecule has 3 rings (SSSR count). The molecule has 0 aliphatic rings. The summed E-state index contributed by atoms with van der Waals surface area (Å²) in [5.41, 5.74) is 6.77. The number of aromatic nitrogens is 2. The maximum Gasteiger partial charge on any atom is 0.293 e. The van der Waals surface area contributed by atoms with Gasteiger partial charge in [0.1, 0.15) is 11.4 Å². The van der Waals surface area contributed by atoms with Gasteiger partial charge in [-0.25, -0.2) is 10.2 Å². The second kappa shape index (κ2) is 6.98. The summed E-state index contributed by atoms with van der Waals surface area (Å²) in [6.07, 6.45) is 0. The second-order valence-electron chi connectivity index (χ2n) is 5.46. The molecule has 0 saturated carbocycles. The van der Waals surface area contributed by atoms with Crippen molar-refractivity contribution in [2.45, 2.75) is 20.8 Å². The maximum atomic E-state index is 12.5. The zero-order valence-corrected chi connectivity index (χ0v) is 14.7. The van der Waals surface area contributed by atoms with Crippen LogP contribution in [0.3, 0.4) is 0 Å². The normalized spacial score (nSPS) is 10.8. The van der Waals surface area contributed by atoms with Crippen molar-refractivity contribution < 1.29 is 9.63 Å². The van der Waals surface area contributed by atoms with E-state index in [0.29, 0.717) is 12.3 Å². The van der Waals surface area contributed by atoms with Crippen LogP contribution >= 0.6 is 11.3 Å². The van der Waals surface area contributed by atoms with E-state index in [1.807, 2.05) is 50.4 Å². The fraction of sp³-hybridized carbons (Fsp3) is 0.222. The summed E-state index contributed by atoms with van der Waals surface area (Å²) in [7, 11) is 0. The van der Waals surface area contributed by atoms with Gasteiger partial charge < -0.3 is 0 Å². The summed E-state index contributed by atoms with van der Waals surface area (Å²) in [6.45, 7) is 6.28. The summed E-state index contributed by atoms with van der Waals surface area (Å²) in [5, 5.41) is 6.64. The first-order chi connectivity index (χ1) is 11.6. The van der Waals surface area contributed by atoms with E-state index in [1.165, 1.54) is 5.56 Å². The third-order valence-corrected chi connectivity index (χ3v) is 4.50. The largest absolute Gasteiger partial charge is 0.293 e. The van der Waals surface area contributed by atoms with E-state index in [1.54, 1.807) is 22.1 Å². The van der Waals surface area contributed by atoms with Crippen LogP contribution in [0.2, 0.25) is 0 Å². The zero-order chi connectivity index (χ0) is 17.1. The van der Waals surface area contributed by atoms with E-state index in [0.717, 1.165) is 21.8 Å². The van der Waals surface area contributed by atoms with Gasteiger partial charge in [0.05, 0.1) is 17.2 Å². The highest BCUT2D eigenvalue weighted by Crippen LogP contribution is 2.27. The average molecular weight is 341 g/mol. The number of amides is 1. The fourth-order valence-electron chi connectivity index (χ4n) is 2.50. The molecule has 124 valence electrons. The van der Waals surface area contributed by atoms with Gasteiger partial charge in [-0.1, -0.05) is 23.8 Å². The molecule has 1 N–H and O–H groups in total. The molecule has 0 atom stereocenters. The molecule has 1 aromatic carbocycles. The van der Waals surface area contributed by atoms with Crippen molar-refractivity contribution in [3.63, 3.8) is 0 Å². The van der Waals surface area contributed by atoms with Crippen LogP contribution in [0.5, 0.6) is 0 Å². The van der Waals surface area contributed by atoms with Crippen molar-refractivity contribution >= 4 is 17.2 Å². The van der Waals surface area contributed by atoms with Crippen LogP contribution < -0.4 is 5.48 Å². The maximum absolute atomic E-state index is 12.5. The number of nitrogens with one attached hydrogen (secondary N) is 1. The number of thiophene rings is 1. The predicted molar refractivity (Wildman–Crippen MR) is 95.4 cm³/mol. The number of carbonyl (C=O) groups is 1. The average Bonchev–Trinajstić information content (AvgIpc) is 3.21. The van der Waals surface area contributed by atoms with Crippen LogP contribution in [0.1, 0.15) is 28.5 Å². The van der Waals surface area contributed by atoms with Gasteiger partial charge in [0.15, 0.2) is 0 Å². The lowest BCUT2D eigenvalue weighted by atomic mass is 10.1. The van der Waals surface area contributed by atoms with E-state index in [4.69, 9.17) is 4.84 Å². The Balaban J connectivity index is 2.10. The summed E-state index contributed by atoms with van der Waals surface area (Å²) in [6, 6.07) is 11.8. The molecule has 3 aromatic rings. The van der Waals surface area contributed by atoms with Crippen LogP contribution in [0.25, 0.3) is 16.3 Å². The van der Waals surface area contributed by atoms with Crippen molar-refractivity contribution in [3.8, 4) is 16.3 Å². The molecule has 1 amide bonds. The minimum atomic E-state index is -0.313. The molecule has 0 spiro atoms. The molecule has 0 bridgehead atoms. The minimum absolute atomic E-state index is 0.313. The van der Waals surface area contributed by atoms with Crippen LogP contribution in [0, 0.1) is 13.8 Å². The van der Waals surface area contributed by atoms with E-state index < -0.39 is 0 Å². The first kappa shape index (κ1) is 16.4. The van der Waals surface area contributed by atoms with Crippen molar-refractivity contribution in [1.82, 2.24) is 15.3 Å². The van der Waals surface area contributed by atoms with Crippen LogP contribution in [0.15, 0.2) is 41.8 Å². The number of hydrogen-bond acceptors (Lipinski definition) is 4. The molecular weight excluding hydrogens is 322 g/mol. The molecule has 0 aliphatic heterocycles. The summed E-state index contributed by atoms with van der Waals surface area (Å²) in [5.74, 6) is -0.313. The van der Waals surface area contributed by atoms with Gasteiger partial charge in [-0.15, -0.1) is 11.3 Å². The van der Waals surface area contributed by atoms with Crippen LogP contribution in [0.4, 0.5) is 0 Å². The Morgan fingerprint density at radius 2 is 2.12 bits per heavy atom. The Hall–Kier alpha value is -2.44. The van der Waals surface area contributed by atoms with E-state index in [2.05, 4.69) is 16.6 Å². The molecular formula is C18H19N3O2S. The molecule has 2 heterocycles. The Morgan fingerprint density at radius 3 is 2.79 bits per heavy atom. The molecule has 0 radical (unpaired) electrons. The van der Waals surface area contributed by atoms with Gasteiger partial charge in [-0.3, -0.25) is 9.63 Å². The van der Waals surface area contributed by atoms with Crippen LogP contribution in [-0.2, 0) is 4.84 Å². The van der Waals surface area contributed by atoms with Gasteiger partial charge in [0.25, 0.3) is 5.91 Å². The lowest BCUT2D eigenvalue weighted by molar-refractivity contribution is 0.0357. The number of hydrogen-bond donors (Lipinski definition) is 1. The minimum Gasteiger partial charge on any atom is -0.274 e. The zero-order valence-electron chi connectivity index (χ0n) is 13.9. The van der Waals surface area contributed by atoms with Gasteiger partial charge >= 0.3 is 0 Å². The quantitative estimate of drug-likeness (QED) is 0.716. The lowest BCUT2D eigenvalue weighted by Crippen LogP contribution is -2.26. The Bertz CT molecular complexity index is 853. The van der Waals surface area contributed by atoms with Crippen LogP contribution in [-0.4, -0.2) is 22.3 Å². The summed E-state index contributed by atoms with van der Waals surface area (Å²) >= 11 is 1.59. The molecule has 0 saturated heterocycles. The SMILES string of the molecule is CCONC(=O)c1cc(-c2cccs2)nn1-c1ccc(C)cc1C. The highest BCUT2D eigenvalue weighted by molar-refractivity contribution is 7.13. The van der Waals surface area contributed by atoms with Gasteiger partial charge in [-0.05, 0) is 49.9 Å². The Kier molecular flexibility index (Phi) is 4.78. The number of rotatable bonds is 5. The first-order valence-corrected chi connectivity index (χ1v) is 8.62. The molecule has 5 nitrogen and oxygen atoms in total. The van der Waals surface area contributed by atoms with E-state index in [-0.39, 0.29) is 5.91 Å². The summed E-state index contributed by atoms with van der Waals surface area (Å²) < 4.78 is 1.68. The number of hydroxylamine groups is 1. The number of aryl methyl sites for hydroxylation is 2. The van der Waals surface area contributed by atoms with Crippen molar-refractivity contribution in [2.75, 3.05) is 6.61 Å². The topological polar surface area (TPSA) is 56.1 Å². The predicted octanol–water partition coefficient (Wildman–Crippen LogP) is 3.90. The molecule has 0 aliphatic carbocycles. The lowest BCUT2D eigenvalue weighted by Gasteiger charge is -2.10. The van der Waals surface area contributed by atoms with Gasteiger partial charge in [0, 0.05) is 0 Å². The Labute approximate surface area is 144 Å². The smallest absolute Gasteiger partial charge is 0.274 e. The third kappa shape index (κ3) is 3.25. The van der Waals surface area contributed by atoms with E-state index >= 15 is 0 Å². The first-order valence-electron chi connectivity index (χ1n) is 7.74. The molecule has 0 unspecified atom stereocenters. The number of nitrogens with zero attached hydrogens (tertiary/aromatic N) is 2. The fourth-order valence-corrected chi connectivity index (χ4v) is 3.19. The molecule has 2 aromatic heterocycles. The molecule has 6 heteroatoms. The van der Waals surface area contributed by atoms with Gasteiger partial charge in [-0.2, -0.15) is 5.10 Å².